The molecule has 3 aliphatic rings. The Morgan fingerprint density at radius 1 is 1.08 bits per heavy atom. The van der Waals surface area contributed by atoms with Crippen LogP contribution in [0.1, 0.15) is 18.1 Å². The molecule has 1 spiro atoms. The van der Waals surface area contributed by atoms with Crippen molar-refractivity contribution in [2.24, 2.45) is 0 Å². The lowest BCUT2D eigenvalue weighted by atomic mass is 9.77. The first-order valence-electron chi connectivity index (χ1n) is 7.81. The normalized spacial score (nSPS) is 22.0. The van der Waals surface area contributed by atoms with E-state index in [0.717, 1.165) is 10.6 Å². The number of nitrogens with zero attached hydrogens (tertiary/aromatic N) is 1. The van der Waals surface area contributed by atoms with Crippen LogP contribution in [0.25, 0.3) is 0 Å². The summed E-state index contributed by atoms with van der Waals surface area (Å²) >= 11 is 0. The number of ether oxygens (including phenoxy) is 3. The molecule has 0 aromatic heterocycles. The summed E-state index contributed by atoms with van der Waals surface area (Å²) in [5.74, 6) is 0.801. The van der Waals surface area contributed by atoms with Gasteiger partial charge in [-0.05, 0) is 12.1 Å². The molecular formula is C18H13NO6. The van der Waals surface area contributed by atoms with Crippen molar-refractivity contribution in [3.05, 3.63) is 47.5 Å². The average Bonchev–Trinajstić information content (AvgIpc) is 3.26. The van der Waals surface area contributed by atoms with E-state index in [1.807, 2.05) is 12.1 Å². The first kappa shape index (κ1) is 14.2. The quantitative estimate of drug-likeness (QED) is 0.790. The van der Waals surface area contributed by atoms with Crippen LogP contribution < -0.4 is 19.3 Å². The lowest BCUT2D eigenvalue weighted by molar-refractivity contribution is -0.148. The Kier molecular flexibility index (Phi) is 2.64. The zero-order valence-electron chi connectivity index (χ0n) is 13.3. The van der Waals surface area contributed by atoms with E-state index in [4.69, 9.17) is 19.0 Å². The SMILES string of the molecule is CC(=O)ON1C(=O)C2(COc3cc4c(cc32)OCO4)c2ccccc21. The van der Waals surface area contributed by atoms with Gasteiger partial charge in [0, 0.05) is 24.1 Å². The minimum Gasteiger partial charge on any atom is -0.491 e. The fourth-order valence-electron chi connectivity index (χ4n) is 3.67. The Balaban J connectivity index is 1.73. The molecule has 3 aliphatic heterocycles. The van der Waals surface area contributed by atoms with Gasteiger partial charge in [0.2, 0.25) is 6.79 Å². The van der Waals surface area contributed by atoms with Gasteiger partial charge in [0.05, 0.1) is 5.69 Å². The average molecular weight is 339 g/mol. The van der Waals surface area contributed by atoms with Gasteiger partial charge in [-0.25, -0.2) is 4.79 Å². The molecule has 0 saturated carbocycles. The Bertz CT molecular complexity index is 939. The molecule has 1 atom stereocenters. The summed E-state index contributed by atoms with van der Waals surface area (Å²) in [5.41, 5.74) is 0.891. The van der Waals surface area contributed by atoms with Crippen molar-refractivity contribution in [3.63, 3.8) is 0 Å². The van der Waals surface area contributed by atoms with Crippen molar-refractivity contribution in [2.75, 3.05) is 18.5 Å². The molecule has 1 unspecified atom stereocenters. The molecule has 126 valence electrons. The number of hydroxylamine groups is 1. The lowest BCUT2D eigenvalue weighted by Crippen LogP contribution is -2.43. The zero-order chi connectivity index (χ0) is 17.2. The van der Waals surface area contributed by atoms with Crippen LogP contribution in [0.5, 0.6) is 17.2 Å². The predicted molar refractivity (Wildman–Crippen MR) is 84.5 cm³/mol. The van der Waals surface area contributed by atoms with Crippen molar-refractivity contribution in [2.45, 2.75) is 12.3 Å². The second-order valence-electron chi connectivity index (χ2n) is 6.10. The number of hydrogen-bond acceptors (Lipinski definition) is 6. The maximum Gasteiger partial charge on any atom is 0.330 e. The maximum atomic E-state index is 13.3. The molecule has 25 heavy (non-hydrogen) atoms. The van der Waals surface area contributed by atoms with Crippen LogP contribution in [-0.4, -0.2) is 25.3 Å². The first-order valence-corrected chi connectivity index (χ1v) is 7.81. The molecule has 0 N–H and O–H groups in total. The Morgan fingerprint density at radius 3 is 2.64 bits per heavy atom. The van der Waals surface area contributed by atoms with E-state index in [0.29, 0.717) is 28.5 Å². The lowest BCUT2D eigenvalue weighted by Gasteiger charge is -2.21. The third-order valence-corrected chi connectivity index (χ3v) is 4.73. The number of anilines is 1. The monoisotopic (exact) mass is 339 g/mol. The zero-order valence-corrected chi connectivity index (χ0v) is 13.3. The van der Waals surface area contributed by atoms with Gasteiger partial charge < -0.3 is 19.0 Å². The van der Waals surface area contributed by atoms with Gasteiger partial charge in [-0.2, -0.15) is 0 Å². The maximum absolute atomic E-state index is 13.3. The molecule has 2 aromatic rings. The third-order valence-electron chi connectivity index (χ3n) is 4.73. The standard InChI is InChI=1S/C18H13NO6/c1-10(20)25-19-13-5-3-2-4-11(13)18(17(19)21)8-22-14-7-16-15(6-12(14)18)23-9-24-16/h2-7H,8-9H2,1H3. The molecule has 7 heteroatoms. The predicted octanol–water partition coefficient (Wildman–Crippen LogP) is 1.92. The molecule has 3 heterocycles. The number of amides is 1. The van der Waals surface area contributed by atoms with Gasteiger partial charge in [0.15, 0.2) is 11.5 Å². The van der Waals surface area contributed by atoms with Crippen molar-refractivity contribution < 1.29 is 28.6 Å². The van der Waals surface area contributed by atoms with Crippen LogP contribution in [0.2, 0.25) is 0 Å². The van der Waals surface area contributed by atoms with Gasteiger partial charge in [-0.3, -0.25) is 4.79 Å². The highest BCUT2D eigenvalue weighted by Gasteiger charge is 2.58. The number of carbonyl (C=O) groups excluding carboxylic acids is 2. The molecule has 0 saturated heterocycles. The largest absolute Gasteiger partial charge is 0.491 e. The molecular weight excluding hydrogens is 326 g/mol. The van der Waals surface area contributed by atoms with E-state index in [1.54, 1.807) is 24.3 Å². The van der Waals surface area contributed by atoms with E-state index in [9.17, 15) is 9.59 Å². The smallest absolute Gasteiger partial charge is 0.330 e. The summed E-state index contributed by atoms with van der Waals surface area (Å²) in [6, 6.07) is 10.7. The fourth-order valence-corrected chi connectivity index (χ4v) is 3.67. The van der Waals surface area contributed by atoms with Crippen LogP contribution in [0.15, 0.2) is 36.4 Å². The number of hydrogen-bond donors (Lipinski definition) is 0. The van der Waals surface area contributed by atoms with Gasteiger partial charge in [0.1, 0.15) is 17.8 Å². The summed E-state index contributed by atoms with van der Waals surface area (Å²) in [4.78, 5) is 29.9. The number of rotatable bonds is 1. The first-order chi connectivity index (χ1) is 12.1. The molecule has 0 fully saturated rings. The fraction of sp³-hybridized carbons (Fsp3) is 0.222. The minimum absolute atomic E-state index is 0.124. The molecule has 7 nitrogen and oxygen atoms in total. The minimum atomic E-state index is -1.07. The van der Waals surface area contributed by atoms with E-state index in [-0.39, 0.29) is 19.3 Å². The van der Waals surface area contributed by atoms with Crippen LogP contribution in [0.4, 0.5) is 5.69 Å². The summed E-state index contributed by atoms with van der Waals surface area (Å²) in [7, 11) is 0. The summed E-state index contributed by atoms with van der Waals surface area (Å²) in [5, 5.41) is 1.06. The molecule has 0 bridgehead atoms. The molecule has 0 aliphatic carbocycles. The topological polar surface area (TPSA) is 74.3 Å². The van der Waals surface area contributed by atoms with Crippen LogP contribution in [-0.2, 0) is 19.8 Å². The highest BCUT2D eigenvalue weighted by Crippen LogP contribution is 2.54. The Labute approximate surface area is 142 Å². The Morgan fingerprint density at radius 2 is 1.84 bits per heavy atom. The van der Waals surface area contributed by atoms with E-state index >= 15 is 0 Å². The van der Waals surface area contributed by atoms with Gasteiger partial charge in [-0.15, -0.1) is 5.06 Å². The van der Waals surface area contributed by atoms with Crippen molar-refractivity contribution in [1.82, 2.24) is 0 Å². The summed E-state index contributed by atoms with van der Waals surface area (Å²) in [6.07, 6.45) is 0. The number of carbonyl (C=O) groups is 2. The number of fused-ring (bicyclic) bond motifs is 5. The molecule has 1 amide bonds. The van der Waals surface area contributed by atoms with E-state index < -0.39 is 11.4 Å². The molecule has 2 aromatic carbocycles. The van der Waals surface area contributed by atoms with Crippen molar-refractivity contribution in [3.8, 4) is 17.2 Å². The second kappa shape index (κ2) is 4.66. The summed E-state index contributed by atoms with van der Waals surface area (Å²) < 4.78 is 16.6. The van der Waals surface area contributed by atoms with Gasteiger partial charge in [0.25, 0.3) is 5.91 Å². The number of para-hydroxylation sites is 1. The van der Waals surface area contributed by atoms with Crippen LogP contribution in [0.3, 0.4) is 0 Å². The highest BCUT2D eigenvalue weighted by molar-refractivity contribution is 6.11. The Hall–Kier alpha value is -3.22. The van der Waals surface area contributed by atoms with Crippen molar-refractivity contribution in [1.29, 1.82) is 0 Å². The number of benzene rings is 2. The van der Waals surface area contributed by atoms with Crippen LogP contribution in [0, 0.1) is 0 Å². The van der Waals surface area contributed by atoms with Crippen LogP contribution >= 0.6 is 0 Å². The van der Waals surface area contributed by atoms with E-state index in [2.05, 4.69) is 0 Å². The van der Waals surface area contributed by atoms with Gasteiger partial charge >= 0.3 is 5.97 Å². The third kappa shape index (κ3) is 1.69. The highest BCUT2D eigenvalue weighted by atomic mass is 16.7. The van der Waals surface area contributed by atoms with Gasteiger partial charge in [-0.1, -0.05) is 18.2 Å². The second-order valence-corrected chi connectivity index (χ2v) is 6.10. The molecule has 0 radical (unpaired) electrons. The van der Waals surface area contributed by atoms with Crippen molar-refractivity contribution >= 4 is 17.6 Å². The van der Waals surface area contributed by atoms with E-state index in [1.165, 1.54) is 6.92 Å². The summed E-state index contributed by atoms with van der Waals surface area (Å²) in [6.45, 7) is 1.52. The molecule has 5 rings (SSSR count).